The van der Waals surface area contributed by atoms with Crippen molar-refractivity contribution in [3.05, 3.63) is 0 Å². The van der Waals surface area contributed by atoms with Gasteiger partial charge in [-0.05, 0) is 35.6 Å². The molecular weight excluding hydrogens is 234 g/mol. The summed E-state index contributed by atoms with van der Waals surface area (Å²) in [5, 5.41) is 0.508. The van der Waals surface area contributed by atoms with Crippen LogP contribution in [-0.4, -0.2) is 26.7 Å². The van der Waals surface area contributed by atoms with Gasteiger partial charge in [0.15, 0.2) is 0 Å². The van der Waals surface area contributed by atoms with Gasteiger partial charge in [0.25, 0.3) is 0 Å². The first-order valence-electron chi connectivity index (χ1n) is 5.37. The summed E-state index contributed by atoms with van der Waals surface area (Å²) in [4.78, 5) is 22.9. The van der Waals surface area contributed by atoms with E-state index in [-0.39, 0.29) is 17.2 Å². The predicted molar refractivity (Wildman–Crippen MR) is 56.1 cm³/mol. The van der Waals surface area contributed by atoms with E-state index in [0.29, 0.717) is 29.9 Å². The summed E-state index contributed by atoms with van der Waals surface area (Å²) < 4.78 is 1.36. The third kappa shape index (κ3) is 0.954. The van der Waals surface area contributed by atoms with Crippen molar-refractivity contribution in [3.63, 3.8) is 0 Å². The number of alkyl halides is 1. The fourth-order valence-electron chi connectivity index (χ4n) is 3.36. The number of carbonyl (C=O) groups excluding carboxylic acids is 2. The van der Waals surface area contributed by atoms with E-state index >= 15 is 0 Å². The minimum atomic E-state index is -0.0343. The molecule has 80 valence electrons. The second-order valence-electron chi connectivity index (χ2n) is 4.91. The second kappa shape index (κ2) is 2.54. The van der Waals surface area contributed by atoms with Crippen LogP contribution in [0.2, 0.25) is 0 Å². The molecule has 5 heteroatoms. The fourth-order valence-corrected chi connectivity index (χ4v) is 5.46. The smallest absolute Gasteiger partial charge is 0.239 e. The molecule has 4 saturated carbocycles. The molecule has 0 spiro atoms. The van der Waals surface area contributed by atoms with E-state index in [1.165, 1.54) is 16.3 Å². The van der Waals surface area contributed by atoms with E-state index in [1.807, 2.05) is 0 Å². The van der Waals surface area contributed by atoms with Gasteiger partial charge in [-0.1, -0.05) is 0 Å². The van der Waals surface area contributed by atoms with Crippen molar-refractivity contribution in [2.45, 2.75) is 23.5 Å². The van der Waals surface area contributed by atoms with Crippen molar-refractivity contribution in [2.24, 2.45) is 23.7 Å². The molecule has 5 rings (SSSR count). The Balaban J connectivity index is 1.51. The van der Waals surface area contributed by atoms with Crippen molar-refractivity contribution in [1.82, 2.24) is 4.31 Å². The molecule has 0 N–H and O–H groups in total. The maximum absolute atomic E-state index is 11.4. The highest BCUT2D eigenvalue weighted by Gasteiger charge is 2.84. The lowest BCUT2D eigenvalue weighted by molar-refractivity contribution is -0.131. The average molecular weight is 244 g/mol. The lowest BCUT2D eigenvalue weighted by Gasteiger charge is -2.19. The lowest BCUT2D eigenvalue weighted by Crippen LogP contribution is -2.27. The van der Waals surface area contributed by atoms with Gasteiger partial charge in [0.05, 0.1) is 5.38 Å². The summed E-state index contributed by atoms with van der Waals surface area (Å²) in [6.07, 6.45) is 0.763. The van der Waals surface area contributed by atoms with Crippen molar-refractivity contribution in [2.75, 3.05) is 0 Å². The first-order valence-corrected chi connectivity index (χ1v) is 6.64. The molecule has 2 unspecified atom stereocenters. The molecule has 0 aromatic carbocycles. The van der Waals surface area contributed by atoms with Crippen molar-refractivity contribution >= 4 is 35.4 Å². The van der Waals surface area contributed by atoms with Crippen molar-refractivity contribution in [3.8, 4) is 0 Å². The first kappa shape index (κ1) is 8.88. The van der Waals surface area contributed by atoms with Gasteiger partial charge >= 0.3 is 0 Å². The topological polar surface area (TPSA) is 37.4 Å². The van der Waals surface area contributed by atoms with Crippen LogP contribution in [0.4, 0.5) is 0 Å². The quantitative estimate of drug-likeness (QED) is 0.416. The van der Waals surface area contributed by atoms with E-state index in [0.717, 1.165) is 11.8 Å². The molecule has 6 atom stereocenters. The molecule has 3 nitrogen and oxygen atoms in total. The molecule has 1 heterocycles. The van der Waals surface area contributed by atoms with E-state index in [9.17, 15) is 9.59 Å². The minimum Gasteiger partial charge on any atom is -0.273 e. The summed E-state index contributed by atoms with van der Waals surface area (Å²) in [6, 6.07) is 0. The van der Waals surface area contributed by atoms with Gasteiger partial charge in [0, 0.05) is 18.1 Å². The van der Waals surface area contributed by atoms with Crippen molar-refractivity contribution in [1.29, 1.82) is 0 Å². The van der Waals surface area contributed by atoms with E-state index in [1.54, 1.807) is 0 Å². The van der Waals surface area contributed by atoms with E-state index in [4.69, 9.17) is 11.6 Å². The number of amides is 2. The maximum atomic E-state index is 11.4. The minimum absolute atomic E-state index is 0.0343. The summed E-state index contributed by atoms with van der Waals surface area (Å²) in [5.41, 5.74) is 0. The van der Waals surface area contributed by atoms with Crippen LogP contribution < -0.4 is 0 Å². The molecule has 1 aliphatic heterocycles. The largest absolute Gasteiger partial charge is 0.273 e. The monoisotopic (exact) mass is 243 g/mol. The number of rotatable bonds is 2. The van der Waals surface area contributed by atoms with Crippen LogP contribution in [0.5, 0.6) is 0 Å². The number of carbonyl (C=O) groups is 2. The van der Waals surface area contributed by atoms with Gasteiger partial charge in [0.2, 0.25) is 11.8 Å². The number of halogens is 1. The summed E-state index contributed by atoms with van der Waals surface area (Å²) in [5.74, 6) is 3.04. The van der Waals surface area contributed by atoms with Gasteiger partial charge in [0.1, 0.15) is 0 Å². The number of hydrogen-bond donors (Lipinski definition) is 0. The van der Waals surface area contributed by atoms with Crippen LogP contribution in [0.1, 0.15) is 12.8 Å². The Labute approximate surface area is 96.6 Å². The molecule has 1 saturated heterocycles. The molecule has 2 amide bonds. The molecule has 5 fully saturated rings. The number of imide groups is 1. The van der Waals surface area contributed by atoms with Crippen LogP contribution in [0, 0.1) is 23.7 Å². The third-order valence-electron chi connectivity index (χ3n) is 4.23. The lowest BCUT2D eigenvalue weighted by atomic mass is 10.2. The number of nitrogens with zero attached hydrogens (tertiary/aromatic N) is 1. The Morgan fingerprint density at radius 2 is 1.67 bits per heavy atom. The highest BCUT2D eigenvalue weighted by atomic mass is 35.5. The number of fused-ring (bicyclic) bond motifs is 1. The molecule has 5 aliphatic rings. The Hall–Kier alpha value is -0.220. The summed E-state index contributed by atoms with van der Waals surface area (Å²) in [7, 11) is 0. The Morgan fingerprint density at radius 3 is 2.13 bits per heavy atom. The SMILES string of the molecule is O=C1CCC(=O)N1S[C@@H]1C2[C@H]3C([C@@H]23)[C@H]1Cl. The van der Waals surface area contributed by atoms with Crippen LogP contribution in [0.25, 0.3) is 0 Å². The molecule has 0 aromatic heterocycles. The normalized spacial score (nSPS) is 54.9. The van der Waals surface area contributed by atoms with Gasteiger partial charge in [-0.25, -0.2) is 4.31 Å². The van der Waals surface area contributed by atoms with Crippen LogP contribution in [0.15, 0.2) is 0 Å². The van der Waals surface area contributed by atoms with Gasteiger partial charge in [-0.3, -0.25) is 9.59 Å². The van der Waals surface area contributed by atoms with E-state index < -0.39 is 0 Å². The maximum Gasteiger partial charge on any atom is 0.239 e. The van der Waals surface area contributed by atoms with Gasteiger partial charge in [-0.15, -0.1) is 11.6 Å². The fraction of sp³-hybridized carbons (Fsp3) is 0.800. The Bertz CT molecular complexity index is 362. The van der Waals surface area contributed by atoms with Gasteiger partial charge < -0.3 is 0 Å². The summed E-state index contributed by atoms with van der Waals surface area (Å²) in [6.45, 7) is 0. The first-order chi connectivity index (χ1) is 7.20. The second-order valence-corrected chi connectivity index (χ2v) is 6.53. The number of hydrogen-bond acceptors (Lipinski definition) is 3. The average Bonchev–Trinajstić information content (AvgIpc) is 3.01. The van der Waals surface area contributed by atoms with Gasteiger partial charge in [-0.2, -0.15) is 0 Å². The zero-order chi connectivity index (χ0) is 10.3. The standard InChI is InChI=1S/C10H10ClNO2S/c11-9-7-5-6(7)8(5)10(9)15-12-3(13)1-2-4(12)14/h5-10H,1-2H2/t5-,6+,7?,8?,9-,10-/m1/s1. The Kier molecular flexibility index (Phi) is 1.50. The highest BCUT2D eigenvalue weighted by Crippen LogP contribution is 2.84. The van der Waals surface area contributed by atoms with Crippen LogP contribution >= 0.6 is 23.5 Å². The molecule has 15 heavy (non-hydrogen) atoms. The zero-order valence-electron chi connectivity index (χ0n) is 7.93. The molecule has 0 radical (unpaired) electrons. The molecule has 0 aromatic rings. The van der Waals surface area contributed by atoms with Crippen LogP contribution in [-0.2, 0) is 9.59 Å². The van der Waals surface area contributed by atoms with Crippen LogP contribution in [0.3, 0.4) is 0 Å². The Morgan fingerprint density at radius 1 is 1.07 bits per heavy atom. The summed E-state index contributed by atoms with van der Waals surface area (Å²) >= 11 is 7.71. The van der Waals surface area contributed by atoms with E-state index in [2.05, 4.69) is 0 Å². The molecule has 2 bridgehead atoms. The highest BCUT2D eigenvalue weighted by molar-refractivity contribution is 7.98. The van der Waals surface area contributed by atoms with Crippen molar-refractivity contribution < 1.29 is 9.59 Å². The molecular formula is C10H10ClNO2S. The predicted octanol–water partition coefficient (Wildman–Crippen LogP) is 1.27. The third-order valence-corrected chi connectivity index (χ3v) is 6.42. The zero-order valence-corrected chi connectivity index (χ0v) is 9.50. The molecule has 4 aliphatic carbocycles.